The minimum Gasteiger partial charge on any atom is -0.302 e. The van der Waals surface area contributed by atoms with Gasteiger partial charge in [-0.25, -0.2) is 13.4 Å². The van der Waals surface area contributed by atoms with E-state index < -0.39 is 10.0 Å². The van der Waals surface area contributed by atoms with Crippen LogP contribution in [0.1, 0.15) is 25.3 Å². The van der Waals surface area contributed by atoms with Crippen molar-refractivity contribution in [3.8, 4) is 0 Å². The third-order valence-electron chi connectivity index (χ3n) is 3.87. The van der Waals surface area contributed by atoms with Crippen LogP contribution in [-0.4, -0.2) is 19.3 Å². The minimum absolute atomic E-state index is 0.0890. The molecule has 0 atom stereocenters. The summed E-state index contributed by atoms with van der Waals surface area (Å²) in [6.07, 6.45) is 1.19. The van der Waals surface area contributed by atoms with Crippen molar-refractivity contribution in [3.63, 3.8) is 0 Å². The summed E-state index contributed by atoms with van der Waals surface area (Å²) in [5, 5.41) is 3.64. The third kappa shape index (κ3) is 4.40. The van der Waals surface area contributed by atoms with E-state index in [1.54, 1.807) is 37.3 Å². The molecule has 0 fully saturated rings. The van der Waals surface area contributed by atoms with Gasteiger partial charge in [0.05, 0.1) is 20.8 Å². The van der Waals surface area contributed by atoms with Crippen LogP contribution in [0.2, 0.25) is 5.02 Å². The number of benzene rings is 2. The molecule has 0 spiro atoms. The maximum atomic E-state index is 12.7. The summed E-state index contributed by atoms with van der Waals surface area (Å²) in [5.74, 6) is -0.0890. The summed E-state index contributed by atoms with van der Waals surface area (Å²) in [7, 11) is -3.78. The monoisotopic (exact) mass is 423 g/mol. The molecule has 1 aromatic heterocycles. The fourth-order valence-electron chi connectivity index (χ4n) is 2.54. The topological polar surface area (TPSA) is 88.2 Å². The van der Waals surface area contributed by atoms with Crippen molar-refractivity contribution < 1.29 is 13.2 Å². The van der Waals surface area contributed by atoms with E-state index in [9.17, 15) is 13.2 Å². The number of sulfonamides is 1. The van der Waals surface area contributed by atoms with E-state index >= 15 is 0 Å². The highest BCUT2D eigenvalue weighted by Crippen LogP contribution is 2.30. The maximum Gasteiger partial charge on any atom is 0.262 e. The molecule has 2 aromatic carbocycles. The highest BCUT2D eigenvalue weighted by atomic mass is 35.5. The van der Waals surface area contributed by atoms with Crippen LogP contribution in [-0.2, 0) is 14.8 Å². The SMILES string of the molecule is CCCC(=O)Nc1nc2cc(NS(=O)(=O)c3cccc(Cl)c3C)ccc2s1. The van der Waals surface area contributed by atoms with Crippen LogP contribution in [0, 0.1) is 6.92 Å². The first-order chi connectivity index (χ1) is 12.8. The van der Waals surface area contributed by atoms with E-state index in [1.165, 1.54) is 17.4 Å². The zero-order valence-corrected chi connectivity index (χ0v) is 17.1. The molecular weight excluding hydrogens is 406 g/mol. The molecule has 0 saturated heterocycles. The number of nitrogens with one attached hydrogen (secondary N) is 2. The number of thiazole rings is 1. The van der Waals surface area contributed by atoms with Gasteiger partial charge in [-0.3, -0.25) is 9.52 Å². The van der Waals surface area contributed by atoms with Crippen LogP contribution in [0.5, 0.6) is 0 Å². The Labute approximate surface area is 166 Å². The Kier molecular flexibility index (Phi) is 5.69. The zero-order chi connectivity index (χ0) is 19.6. The first-order valence-electron chi connectivity index (χ1n) is 8.28. The van der Waals surface area contributed by atoms with Gasteiger partial charge in [-0.15, -0.1) is 0 Å². The third-order valence-corrected chi connectivity index (χ3v) is 6.76. The number of carbonyl (C=O) groups excluding carboxylic acids is 1. The van der Waals surface area contributed by atoms with Crippen LogP contribution >= 0.6 is 22.9 Å². The van der Waals surface area contributed by atoms with Crippen LogP contribution in [0.3, 0.4) is 0 Å². The summed E-state index contributed by atoms with van der Waals surface area (Å²) in [5.41, 5.74) is 1.48. The van der Waals surface area contributed by atoms with Gasteiger partial charge in [-0.1, -0.05) is 35.9 Å². The quantitative estimate of drug-likeness (QED) is 0.596. The molecule has 9 heteroatoms. The Morgan fingerprint density at radius 3 is 2.78 bits per heavy atom. The van der Waals surface area contributed by atoms with E-state index in [2.05, 4.69) is 15.0 Å². The first kappa shape index (κ1) is 19.6. The molecule has 2 N–H and O–H groups in total. The van der Waals surface area contributed by atoms with E-state index in [-0.39, 0.29) is 10.8 Å². The molecular formula is C18H18ClN3O3S2. The lowest BCUT2D eigenvalue weighted by molar-refractivity contribution is -0.116. The van der Waals surface area contributed by atoms with Crippen LogP contribution in [0.25, 0.3) is 10.2 Å². The van der Waals surface area contributed by atoms with Crippen molar-refractivity contribution in [2.75, 3.05) is 10.0 Å². The predicted octanol–water partition coefficient (Wildman–Crippen LogP) is 4.80. The molecule has 0 aliphatic carbocycles. The average Bonchev–Trinajstić information content (AvgIpc) is 2.98. The number of carbonyl (C=O) groups is 1. The fourth-order valence-corrected chi connectivity index (χ4v) is 4.95. The van der Waals surface area contributed by atoms with Gasteiger partial charge in [0, 0.05) is 11.4 Å². The van der Waals surface area contributed by atoms with Crippen molar-refractivity contribution in [3.05, 3.63) is 47.0 Å². The van der Waals surface area contributed by atoms with Crippen LogP contribution < -0.4 is 10.0 Å². The minimum atomic E-state index is -3.78. The maximum absolute atomic E-state index is 12.7. The number of anilines is 2. The second kappa shape index (κ2) is 7.84. The van der Waals surface area contributed by atoms with Gasteiger partial charge < -0.3 is 5.32 Å². The second-order valence-corrected chi connectivity index (χ2v) is 9.06. The lowest BCUT2D eigenvalue weighted by Gasteiger charge is -2.11. The zero-order valence-electron chi connectivity index (χ0n) is 14.7. The Hall–Kier alpha value is -2.16. The Morgan fingerprint density at radius 1 is 1.26 bits per heavy atom. The van der Waals surface area contributed by atoms with Gasteiger partial charge in [-0.2, -0.15) is 0 Å². The van der Waals surface area contributed by atoms with E-state index in [0.29, 0.717) is 33.3 Å². The molecule has 1 amide bonds. The van der Waals surface area contributed by atoms with Crippen molar-refractivity contribution in [1.82, 2.24) is 4.98 Å². The highest BCUT2D eigenvalue weighted by molar-refractivity contribution is 7.92. The summed E-state index contributed by atoms with van der Waals surface area (Å²) in [6.45, 7) is 3.59. The molecule has 0 radical (unpaired) electrons. The predicted molar refractivity (Wildman–Crippen MR) is 110 cm³/mol. The Bertz CT molecular complexity index is 1110. The van der Waals surface area contributed by atoms with Crippen molar-refractivity contribution in [2.45, 2.75) is 31.6 Å². The van der Waals surface area contributed by atoms with Crippen LogP contribution in [0.4, 0.5) is 10.8 Å². The second-order valence-electron chi connectivity index (χ2n) is 5.97. The molecule has 6 nitrogen and oxygen atoms in total. The van der Waals surface area contributed by atoms with Gasteiger partial charge in [0.2, 0.25) is 5.91 Å². The number of amides is 1. The molecule has 142 valence electrons. The number of aromatic nitrogens is 1. The lowest BCUT2D eigenvalue weighted by Crippen LogP contribution is -2.14. The number of hydrogen-bond acceptors (Lipinski definition) is 5. The molecule has 0 aliphatic rings. The summed E-state index contributed by atoms with van der Waals surface area (Å²) < 4.78 is 28.8. The summed E-state index contributed by atoms with van der Waals surface area (Å²) in [6, 6.07) is 9.82. The number of hydrogen-bond donors (Lipinski definition) is 2. The van der Waals surface area contributed by atoms with Crippen LogP contribution in [0.15, 0.2) is 41.3 Å². The molecule has 0 bridgehead atoms. The van der Waals surface area contributed by atoms with Gasteiger partial charge in [-0.05, 0) is 49.2 Å². The van der Waals surface area contributed by atoms with Crippen molar-refractivity contribution in [2.24, 2.45) is 0 Å². The molecule has 0 saturated carbocycles. The fraction of sp³-hybridized carbons (Fsp3) is 0.222. The highest BCUT2D eigenvalue weighted by Gasteiger charge is 2.19. The smallest absolute Gasteiger partial charge is 0.262 e. The largest absolute Gasteiger partial charge is 0.302 e. The van der Waals surface area contributed by atoms with Crippen molar-refractivity contribution >= 4 is 59.9 Å². The van der Waals surface area contributed by atoms with Gasteiger partial charge >= 0.3 is 0 Å². The number of fused-ring (bicyclic) bond motifs is 1. The summed E-state index contributed by atoms with van der Waals surface area (Å²) >= 11 is 7.37. The van der Waals surface area contributed by atoms with E-state index in [4.69, 9.17) is 11.6 Å². The standard InChI is InChI=1S/C18H18ClN3O3S2/c1-3-5-17(23)21-18-20-14-10-12(8-9-15(14)26-18)22-27(24,25)16-7-4-6-13(19)11(16)2/h4,6-10,22H,3,5H2,1-2H3,(H,20,21,23). The molecule has 0 unspecified atom stereocenters. The van der Waals surface area contributed by atoms with Gasteiger partial charge in [0.1, 0.15) is 0 Å². The number of rotatable bonds is 6. The molecule has 27 heavy (non-hydrogen) atoms. The van der Waals surface area contributed by atoms with E-state index in [0.717, 1.165) is 11.1 Å². The average molecular weight is 424 g/mol. The number of nitrogens with zero attached hydrogens (tertiary/aromatic N) is 1. The molecule has 3 rings (SSSR count). The molecule has 0 aliphatic heterocycles. The Morgan fingerprint density at radius 2 is 2.04 bits per heavy atom. The Balaban J connectivity index is 1.87. The lowest BCUT2D eigenvalue weighted by atomic mass is 10.2. The first-order valence-corrected chi connectivity index (χ1v) is 11.0. The van der Waals surface area contributed by atoms with Crippen molar-refractivity contribution in [1.29, 1.82) is 0 Å². The van der Waals surface area contributed by atoms with E-state index in [1.807, 2.05) is 6.92 Å². The number of halogens is 1. The van der Waals surface area contributed by atoms with Gasteiger partial charge in [0.25, 0.3) is 10.0 Å². The molecule has 3 aromatic rings. The van der Waals surface area contributed by atoms with Gasteiger partial charge in [0.15, 0.2) is 5.13 Å². The normalized spacial score (nSPS) is 11.5. The summed E-state index contributed by atoms with van der Waals surface area (Å²) in [4.78, 5) is 16.2. The molecule has 1 heterocycles.